The highest BCUT2D eigenvalue weighted by atomic mass is 35.5. The molecule has 1 heterocycles. The molecule has 0 spiro atoms. The van der Waals surface area contributed by atoms with Gasteiger partial charge in [0.25, 0.3) is 11.8 Å². The zero-order chi connectivity index (χ0) is 22.5. The summed E-state index contributed by atoms with van der Waals surface area (Å²) in [6.45, 7) is 2.06. The van der Waals surface area contributed by atoms with Crippen LogP contribution in [0.2, 0.25) is 0 Å². The Balaban J connectivity index is 1.91. The number of anilines is 2. The number of imide groups is 1. The molecule has 0 radical (unpaired) electrons. The van der Waals surface area contributed by atoms with Gasteiger partial charge in [0.1, 0.15) is 10.7 Å². The molecule has 0 atom stereocenters. The quantitative estimate of drug-likeness (QED) is 0.517. The van der Waals surface area contributed by atoms with Crippen molar-refractivity contribution in [2.24, 2.45) is 0 Å². The van der Waals surface area contributed by atoms with Gasteiger partial charge in [-0.1, -0.05) is 36.7 Å². The van der Waals surface area contributed by atoms with Crippen LogP contribution in [0.15, 0.2) is 59.3 Å². The first-order valence-corrected chi connectivity index (χ1v) is 9.77. The maximum absolute atomic E-state index is 13.1. The van der Waals surface area contributed by atoms with Crippen molar-refractivity contribution in [2.75, 3.05) is 23.9 Å². The van der Waals surface area contributed by atoms with Crippen molar-refractivity contribution in [3.63, 3.8) is 0 Å². The number of para-hydroxylation sites is 1. The minimum Gasteiger partial charge on any atom is -0.465 e. The fourth-order valence-corrected chi connectivity index (χ4v) is 3.14. The number of hydrogen-bond acceptors (Lipinski definition) is 7. The van der Waals surface area contributed by atoms with E-state index >= 15 is 0 Å². The summed E-state index contributed by atoms with van der Waals surface area (Å²) >= 11 is 6.16. The Kier molecular flexibility index (Phi) is 6.71. The maximum Gasteiger partial charge on any atom is 0.340 e. The predicted molar refractivity (Wildman–Crippen MR) is 114 cm³/mol. The van der Waals surface area contributed by atoms with Gasteiger partial charge < -0.3 is 14.8 Å². The standard InChI is InChI=1S/C22H19ClN2O6/c1-3-11-31-22(29)15-9-4-5-10-16(15)25-19(26)17(23)18(20(25)27)24-14-8-6-7-13(12-14)21(28)30-2/h4-10,12,24H,3,11H2,1-2H3. The molecule has 1 N–H and O–H groups in total. The number of carbonyl (C=O) groups is 4. The number of benzene rings is 2. The van der Waals surface area contributed by atoms with Crippen molar-refractivity contribution in [1.29, 1.82) is 0 Å². The zero-order valence-corrected chi connectivity index (χ0v) is 17.6. The summed E-state index contributed by atoms with van der Waals surface area (Å²) in [6, 6.07) is 12.3. The van der Waals surface area contributed by atoms with Crippen LogP contribution in [0.1, 0.15) is 34.1 Å². The van der Waals surface area contributed by atoms with E-state index in [9.17, 15) is 19.2 Å². The number of halogens is 1. The molecule has 2 aromatic rings. The van der Waals surface area contributed by atoms with Crippen molar-refractivity contribution >= 4 is 46.7 Å². The lowest BCUT2D eigenvalue weighted by molar-refractivity contribution is -0.120. The Morgan fingerprint density at radius 2 is 1.77 bits per heavy atom. The van der Waals surface area contributed by atoms with Gasteiger partial charge in [0.2, 0.25) is 0 Å². The van der Waals surface area contributed by atoms with Crippen LogP contribution in [0.3, 0.4) is 0 Å². The Hall–Kier alpha value is -3.65. The smallest absolute Gasteiger partial charge is 0.340 e. The lowest BCUT2D eigenvalue weighted by Crippen LogP contribution is -2.33. The third kappa shape index (κ3) is 4.44. The molecule has 9 heteroatoms. The molecule has 2 amide bonds. The predicted octanol–water partition coefficient (Wildman–Crippen LogP) is 3.48. The molecule has 8 nitrogen and oxygen atoms in total. The first-order valence-electron chi connectivity index (χ1n) is 9.39. The van der Waals surface area contributed by atoms with Crippen LogP contribution in [-0.4, -0.2) is 37.5 Å². The van der Waals surface area contributed by atoms with Crippen LogP contribution < -0.4 is 10.2 Å². The maximum atomic E-state index is 13.1. The Morgan fingerprint density at radius 1 is 1.03 bits per heavy atom. The molecule has 31 heavy (non-hydrogen) atoms. The molecule has 2 aromatic carbocycles. The number of esters is 2. The van der Waals surface area contributed by atoms with Crippen LogP contribution in [0.5, 0.6) is 0 Å². The van der Waals surface area contributed by atoms with E-state index in [2.05, 4.69) is 10.1 Å². The number of nitrogens with zero attached hydrogens (tertiary/aromatic N) is 1. The molecular weight excluding hydrogens is 424 g/mol. The molecule has 0 saturated carbocycles. The van der Waals surface area contributed by atoms with Gasteiger partial charge in [-0.05, 0) is 36.8 Å². The lowest BCUT2D eigenvalue weighted by Gasteiger charge is -2.18. The average molecular weight is 443 g/mol. The number of hydrogen-bond donors (Lipinski definition) is 1. The van der Waals surface area contributed by atoms with Crippen molar-refractivity contribution in [1.82, 2.24) is 0 Å². The fraction of sp³-hybridized carbons (Fsp3) is 0.182. The third-order valence-electron chi connectivity index (χ3n) is 4.38. The van der Waals surface area contributed by atoms with Gasteiger partial charge in [0.15, 0.2) is 0 Å². The van der Waals surface area contributed by atoms with Gasteiger partial charge in [-0.25, -0.2) is 14.5 Å². The largest absolute Gasteiger partial charge is 0.465 e. The molecule has 160 valence electrons. The van der Waals surface area contributed by atoms with E-state index in [1.807, 2.05) is 6.92 Å². The van der Waals surface area contributed by atoms with E-state index < -0.39 is 23.8 Å². The number of methoxy groups -OCH3 is 1. The summed E-state index contributed by atoms with van der Waals surface area (Å²) in [5.41, 5.74) is 0.565. The minimum atomic E-state index is -0.783. The van der Waals surface area contributed by atoms with Crippen LogP contribution in [-0.2, 0) is 19.1 Å². The summed E-state index contributed by atoms with van der Waals surface area (Å²) in [5.74, 6) is -2.73. The molecule has 0 unspecified atom stereocenters. The number of ether oxygens (including phenoxy) is 2. The SMILES string of the molecule is CCCOC(=O)c1ccccc1N1C(=O)C(Cl)=C(Nc2cccc(C(=O)OC)c2)C1=O. The van der Waals surface area contributed by atoms with Crippen molar-refractivity contribution < 1.29 is 28.7 Å². The second-order valence-electron chi connectivity index (χ2n) is 6.49. The highest BCUT2D eigenvalue weighted by Gasteiger charge is 2.40. The third-order valence-corrected chi connectivity index (χ3v) is 4.73. The Labute approximate surface area is 183 Å². The van der Waals surface area contributed by atoms with E-state index in [4.69, 9.17) is 16.3 Å². The van der Waals surface area contributed by atoms with E-state index in [0.717, 1.165) is 4.90 Å². The molecule has 0 aliphatic carbocycles. The van der Waals surface area contributed by atoms with E-state index in [1.54, 1.807) is 30.3 Å². The molecule has 0 aromatic heterocycles. The normalized spacial score (nSPS) is 13.5. The fourth-order valence-electron chi connectivity index (χ4n) is 2.93. The zero-order valence-electron chi connectivity index (χ0n) is 16.8. The van der Waals surface area contributed by atoms with Crippen molar-refractivity contribution in [2.45, 2.75) is 13.3 Å². The number of nitrogens with one attached hydrogen (secondary N) is 1. The minimum absolute atomic E-state index is 0.0658. The number of amides is 2. The van der Waals surface area contributed by atoms with Crippen LogP contribution in [0.25, 0.3) is 0 Å². The van der Waals surface area contributed by atoms with Crippen LogP contribution in [0, 0.1) is 0 Å². The van der Waals surface area contributed by atoms with E-state index in [-0.39, 0.29) is 34.2 Å². The van der Waals surface area contributed by atoms with Gasteiger partial charge >= 0.3 is 11.9 Å². The van der Waals surface area contributed by atoms with Gasteiger partial charge in [-0.2, -0.15) is 0 Å². The van der Waals surface area contributed by atoms with Crippen LogP contribution in [0.4, 0.5) is 11.4 Å². The second-order valence-corrected chi connectivity index (χ2v) is 6.86. The molecular formula is C22H19ClN2O6. The van der Waals surface area contributed by atoms with Gasteiger partial charge in [0.05, 0.1) is 30.5 Å². The lowest BCUT2D eigenvalue weighted by atomic mass is 10.1. The molecule has 0 saturated heterocycles. The number of rotatable bonds is 7. The molecule has 0 fully saturated rings. The van der Waals surface area contributed by atoms with Gasteiger partial charge in [-0.3, -0.25) is 9.59 Å². The van der Waals surface area contributed by atoms with E-state index in [0.29, 0.717) is 12.1 Å². The highest BCUT2D eigenvalue weighted by molar-refractivity contribution is 6.53. The Morgan fingerprint density at radius 3 is 2.48 bits per heavy atom. The monoisotopic (exact) mass is 442 g/mol. The topological polar surface area (TPSA) is 102 Å². The number of carbonyl (C=O) groups excluding carboxylic acids is 4. The summed E-state index contributed by atoms with van der Waals surface area (Å²) in [7, 11) is 1.25. The van der Waals surface area contributed by atoms with Crippen molar-refractivity contribution in [3.05, 3.63) is 70.4 Å². The second kappa shape index (κ2) is 9.44. The molecule has 1 aliphatic heterocycles. The highest BCUT2D eigenvalue weighted by Crippen LogP contribution is 2.32. The molecule has 3 rings (SSSR count). The Bertz CT molecular complexity index is 1090. The summed E-state index contributed by atoms with van der Waals surface area (Å²) in [6.07, 6.45) is 0.627. The summed E-state index contributed by atoms with van der Waals surface area (Å²) in [5, 5.41) is 2.44. The average Bonchev–Trinajstić information content (AvgIpc) is 3.00. The first-order chi connectivity index (χ1) is 14.9. The van der Waals surface area contributed by atoms with Gasteiger partial charge in [-0.15, -0.1) is 0 Å². The summed E-state index contributed by atoms with van der Waals surface area (Å²) < 4.78 is 9.83. The van der Waals surface area contributed by atoms with E-state index in [1.165, 1.54) is 25.3 Å². The van der Waals surface area contributed by atoms with Gasteiger partial charge in [0, 0.05) is 5.69 Å². The molecule has 1 aliphatic rings. The van der Waals surface area contributed by atoms with Crippen molar-refractivity contribution in [3.8, 4) is 0 Å². The summed E-state index contributed by atoms with van der Waals surface area (Å²) in [4.78, 5) is 50.8. The molecule has 0 bridgehead atoms. The first kappa shape index (κ1) is 22.0. The van der Waals surface area contributed by atoms with Crippen LogP contribution >= 0.6 is 11.6 Å².